The van der Waals surface area contributed by atoms with E-state index in [4.69, 9.17) is 11.6 Å². The summed E-state index contributed by atoms with van der Waals surface area (Å²) in [6, 6.07) is 14.6. The first-order valence-corrected chi connectivity index (χ1v) is 7.39. The van der Waals surface area contributed by atoms with Crippen molar-refractivity contribution in [3.63, 3.8) is 0 Å². The lowest BCUT2D eigenvalue weighted by molar-refractivity contribution is 0.527. The van der Waals surface area contributed by atoms with Gasteiger partial charge in [-0.05, 0) is 31.2 Å². The van der Waals surface area contributed by atoms with Crippen LogP contribution in [-0.2, 0) is 0 Å². The largest absolute Gasteiger partial charge is 0.359 e. The maximum absolute atomic E-state index is 14.3. The van der Waals surface area contributed by atoms with Gasteiger partial charge in [-0.25, -0.2) is 9.07 Å². The number of aromatic nitrogens is 2. The van der Waals surface area contributed by atoms with Crippen molar-refractivity contribution in [1.82, 2.24) is 9.78 Å². The first kappa shape index (κ1) is 13.3. The number of benzene rings is 2. The molecule has 110 valence electrons. The van der Waals surface area contributed by atoms with Crippen molar-refractivity contribution in [2.24, 2.45) is 0 Å². The summed E-state index contributed by atoms with van der Waals surface area (Å²) in [4.78, 5) is 0. The lowest BCUT2D eigenvalue weighted by atomic mass is 10.0. The van der Waals surface area contributed by atoms with Gasteiger partial charge in [-0.3, -0.25) is 0 Å². The molecule has 1 aromatic heterocycles. The van der Waals surface area contributed by atoms with Crippen LogP contribution >= 0.6 is 11.6 Å². The van der Waals surface area contributed by atoms with Crippen molar-refractivity contribution in [3.8, 4) is 11.3 Å². The fourth-order valence-corrected chi connectivity index (χ4v) is 3.19. The number of hydrogen-bond donors (Lipinski definition) is 1. The number of halogens is 2. The van der Waals surface area contributed by atoms with Gasteiger partial charge in [0.15, 0.2) is 6.17 Å². The van der Waals surface area contributed by atoms with Crippen LogP contribution in [0.15, 0.2) is 48.5 Å². The summed E-state index contributed by atoms with van der Waals surface area (Å²) in [6.45, 7) is 1.92. The second-order valence-corrected chi connectivity index (χ2v) is 5.75. The number of aryl methyl sites for hydroxylation is 1. The van der Waals surface area contributed by atoms with E-state index in [9.17, 15) is 4.39 Å². The quantitative estimate of drug-likeness (QED) is 0.710. The SMILES string of the molecule is Cc1cc2n(n1)[C@@H](c1c(F)cccc1Cl)Nc1ccccc1-2. The van der Waals surface area contributed by atoms with E-state index in [1.807, 2.05) is 37.3 Å². The fourth-order valence-electron chi connectivity index (χ4n) is 2.92. The minimum absolute atomic E-state index is 0.344. The first-order chi connectivity index (χ1) is 10.6. The molecule has 0 saturated carbocycles. The van der Waals surface area contributed by atoms with Crippen molar-refractivity contribution >= 4 is 17.3 Å². The third-order valence-corrected chi connectivity index (χ3v) is 4.20. The van der Waals surface area contributed by atoms with Crippen LogP contribution in [0.25, 0.3) is 11.3 Å². The summed E-state index contributed by atoms with van der Waals surface area (Å²) in [5, 5.41) is 8.24. The molecule has 0 saturated heterocycles. The zero-order chi connectivity index (χ0) is 15.3. The molecule has 0 aliphatic carbocycles. The Bertz CT molecular complexity index is 852. The lowest BCUT2D eigenvalue weighted by Crippen LogP contribution is -2.26. The molecular weight excluding hydrogens is 301 g/mol. The second kappa shape index (κ2) is 4.85. The molecule has 0 fully saturated rings. The summed E-state index contributed by atoms with van der Waals surface area (Å²) in [6.07, 6.45) is -0.465. The van der Waals surface area contributed by atoms with E-state index < -0.39 is 6.17 Å². The lowest BCUT2D eigenvalue weighted by Gasteiger charge is -2.29. The van der Waals surface area contributed by atoms with Crippen molar-refractivity contribution < 1.29 is 4.39 Å². The summed E-state index contributed by atoms with van der Waals surface area (Å²) in [7, 11) is 0. The van der Waals surface area contributed by atoms with Gasteiger partial charge >= 0.3 is 0 Å². The minimum Gasteiger partial charge on any atom is -0.359 e. The smallest absolute Gasteiger partial charge is 0.151 e. The van der Waals surface area contributed by atoms with Crippen LogP contribution in [0.5, 0.6) is 0 Å². The highest BCUT2D eigenvalue weighted by molar-refractivity contribution is 6.31. The van der Waals surface area contributed by atoms with E-state index in [0.717, 1.165) is 22.6 Å². The van der Waals surface area contributed by atoms with E-state index in [2.05, 4.69) is 10.4 Å². The summed E-state index contributed by atoms with van der Waals surface area (Å²) >= 11 is 6.24. The maximum atomic E-state index is 14.3. The molecule has 1 aliphatic rings. The van der Waals surface area contributed by atoms with E-state index in [1.54, 1.807) is 16.8 Å². The molecule has 22 heavy (non-hydrogen) atoms. The molecule has 1 N–H and O–H groups in total. The molecule has 0 unspecified atom stereocenters. The van der Waals surface area contributed by atoms with E-state index >= 15 is 0 Å². The third-order valence-electron chi connectivity index (χ3n) is 3.87. The predicted octanol–water partition coefficient (Wildman–Crippen LogP) is 4.62. The average molecular weight is 314 g/mol. The number of fused-ring (bicyclic) bond motifs is 3. The highest BCUT2D eigenvalue weighted by atomic mass is 35.5. The zero-order valence-corrected chi connectivity index (χ0v) is 12.6. The van der Waals surface area contributed by atoms with Crippen molar-refractivity contribution in [3.05, 3.63) is 70.6 Å². The highest BCUT2D eigenvalue weighted by Gasteiger charge is 2.29. The number of para-hydroxylation sites is 1. The first-order valence-electron chi connectivity index (χ1n) is 7.01. The predicted molar refractivity (Wildman–Crippen MR) is 85.6 cm³/mol. The molecular formula is C17H13ClFN3. The molecule has 5 heteroatoms. The minimum atomic E-state index is -0.465. The van der Waals surface area contributed by atoms with Gasteiger partial charge in [0.05, 0.1) is 22.0 Å². The highest BCUT2D eigenvalue weighted by Crippen LogP contribution is 2.40. The van der Waals surface area contributed by atoms with Gasteiger partial charge in [-0.2, -0.15) is 5.10 Å². The summed E-state index contributed by atoms with van der Waals surface area (Å²) in [5.74, 6) is -0.344. The third kappa shape index (κ3) is 1.91. The van der Waals surface area contributed by atoms with Crippen molar-refractivity contribution in [2.45, 2.75) is 13.1 Å². The van der Waals surface area contributed by atoms with Crippen LogP contribution in [0.1, 0.15) is 17.4 Å². The number of nitrogens with zero attached hydrogens (tertiary/aromatic N) is 2. The number of anilines is 1. The Hall–Kier alpha value is -2.33. The number of rotatable bonds is 1. The Balaban J connectivity index is 1.97. The summed E-state index contributed by atoms with van der Waals surface area (Å²) < 4.78 is 16.1. The van der Waals surface area contributed by atoms with Gasteiger partial charge in [0.1, 0.15) is 5.82 Å². The molecule has 3 nitrogen and oxygen atoms in total. The van der Waals surface area contributed by atoms with Crippen LogP contribution in [0, 0.1) is 12.7 Å². The van der Waals surface area contributed by atoms with Gasteiger partial charge in [0.2, 0.25) is 0 Å². The van der Waals surface area contributed by atoms with Crippen LogP contribution in [-0.4, -0.2) is 9.78 Å². The Labute approximate surface area is 132 Å². The molecule has 0 amide bonds. The second-order valence-electron chi connectivity index (χ2n) is 5.34. The molecule has 2 heterocycles. The Morgan fingerprint density at radius 1 is 1.18 bits per heavy atom. The maximum Gasteiger partial charge on any atom is 0.151 e. The van der Waals surface area contributed by atoms with Crippen LogP contribution in [0.3, 0.4) is 0 Å². The van der Waals surface area contributed by atoms with Gasteiger partial charge < -0.3 is 5.32 Å². The Morgan fingerprint density at radius 2 is 2.00 bits per heavy atom. The zero-order valence-electron chi connectivity index (χ0n) is 11.8. The van der Waals surface area contributed by atoms with Crippen LogP contribution in [0.2, 0.25) is 5.02 Å². The molecule has 0 radical (unpaired) electrons. The standard InChI is InChI=1S/C17H13ClFN3/c1-10-9-15-11-5-2-3-8-14(11)20-17(22(15)21-10)16-12(18)6-4-7-13(16)19/h2-9,17,20H,1H3/t17-/m0/s1. The van der Waals surface area contributed by atoms with Gasteiger partial charge in [0.25, 0.3) is 0 Å². The topological polar surface area (TPSA) is 29.9 Å². The monoisotopic (exact) mass is 313 g/mol. The van der Waals surface area contributed by atoms with E-state index in [-0.39, 0.29) is 5.82 Å². The Morgan fingerprint density at radius 3 is 2.82 bits per heavy atom. The van der Waals surface area contributed by atoms with Crippen LogP contribution < -0.4 is 5.32 Å². The molecule has 2 aromatic carbocycles. The van der Waals surface area contributed by atoms with Crippen molar-refractivity contribution in [1.29, 1.82) is 0 Å². The average Bonchev–Trinajstić information content (AvgIpc) is 2.89. The Kier molecular flexibility index (Phi) is 2.94. The van der Waals surface area contributed by atoms with Gasteiger partial charge in [0, 0.05) is 11.3 Å². The molecule has 0 bridgehead atoms. The number of nitrogens with one attached hydrogen (secondary N) is 1. The fraction of sp³-hybridized carbons (Fsp3) is 0.118. The molecule has 1 atom stereocenters. The molecule has 0 spiro atoms. The normalized spacial score (nSPS) is 15.9. The molecule has 3 aromatic rings. The molecule has 1 aliphatic heterocycles. The van der Waals surface area contributed by atoms with Crippen molar-refractivity contribution in [2.75, 3.05) is 5.32 Å². The van der Waals surface area contributed by atoms with Crippen LogP contribution in [0.4, 0.5) is 10.1 Å². The van der Waals surface area contributed by atoms with E-state index in [0.29, 0.717) is 10.6 Å². The van der Waals surface area contributed by atoms with E-state index in [1.165, 1.54) is 6.07 Å². The van der Waals surface area contributed by atoms with Gasteiger partial charge in [-0.1, -0.05) is 35.9 Å². The molecule has 4 rings (SSSR count). The van der Waals surface area contributed by atoms with Gasteiger partial charge in [-0.15, -0.1) is 0 Å². The number of hydrogen-bond acceptors (Lipinski definition) is 2. The summed E-state index contributed by atoms with van der Waals surface area (Å²) in [5.41, 5.74) is 4.23.